The molecule has 3 unspecified atom stereocenters. The van der Waals surface area contributed by atoms with Gasteiger partial charge in [0.15, 0.2) is 29.8 Å². The second-order valence-electron chi connectivity index (χ2n) is 7.83. The van der Waals surface area contributed by atoms with E-state index in [2.05, 4.69) is 0 Å². The molecule has 10 nitrogen and oxygen atoms in total. The molecule has 34 heavy (non-hydrogen) atoms. The van der Waals surface area contributed by atoms with Gasteiger partial charge in [0.2, 0.25) is 5.75 Å². The zero-order valence-electron chi connectivity index (χ0n) is 19.4. The number of benzene rings is 2. The Kier molecular flexibility index (Phi) is 11.2. The van der Waals surface area contributed by atoms with Gasteiger partial charge in [-0.3, -0.25) is 0 Å². The first-order valence-electron chi connectivity index (χ1n) is 10.9. The fourth-order valence-electron chi connectivity index (χ4n) is 3.76. The third-order valence-corrected chi connectivity index (χ3v) is 5.63. The highest BCUT2D eigenvalue weighted by molar-refractivity contribution is 5.52. The lowest BCUT2D eigenvalue weighted by Gasteiger charge is -2.26. The van der Waals surface area contributed by atoms with E-state index in [4.69, 9.17) is 24.1 Å². The summed E-state index contributed by atoms with van der Waals surface area (Å²) in [5.74, 6) is -0.286. The summed E-state index contributed by atoms with van der Waals surface area (Å²) in [5.41, 5.74) is 1.51. The van der Waals surface area contributed by atoms with Crippen molar-refractivity contribution < 1.29 is 49.6 Å². The van der Waals surface area contributed by atoms with Gasteiger partial charge in [0.25, 0.3) is 0 Å². The molecule has 190 valence electrons. The van der Waals surface area contributed by atoms with E-state index >= 15 is 0 Å². The lowest BCUT2D eigenvalue weighted by atomic mass is 9.90. The maximum absolute atomic E-state index is 10.8. The zero-order chi connectivity index (χ0) is 25.1. The number of aliphatic hydroxyl groups is 4. The summed E-state index contributed by atoms with van der Waals surface area (Å²) in [5, 5.41) is 58.9. The molecule has 2 rings (SSSR count). The summed E-state index contributed by atoms with van der Waals surface area (Å²) in [6.45, 7) is -1.47. The molecule has 0 saturated carbocycles. The van der Waals surface area contributed by atoms with Crippen LogP contribution in [0.25, 0.3) is 0 Å². The minimum atomic E-state index is -0.960. The molecule has 0 aliphatic carbocycles. The molecule has 0 radical (unpaired) electrons. The smallest absolute Gasteiger partial charge is 0.200 e. The number of aliphatic hydroxyl groups excluding tert-OH is 4. The molecule has 0 aliphatic heterocycles. The van der Waals surface area contributed by atoms with Gasteiger partial charge >= 0.3 is 0 Å². The quantitative estimate of drug-likeness (QED) is 0.204. The first kappa shape index (κ1) is 27.5. The maximum atomic E-state index is 10.8. The number of ether oxygens (including phenoxy) is 4. The first-order chi connectivity index (χ1) is 16.4. The van der Waals surface area contributed by atoms with E-state index in [9.17, 15) is 25.5 Å². The van der Waals surface area contributed by atoms with Gasteiger partial charge in [-0.1, -0.05) is 6.07 Å². The van der Waals surface area contributed by atoms with Gasteiger partial charge in [-0.2, -0.15) is 0 Å². The van der Waals surface area contributed by atoms with E-state index < -0.39 is 31.7 Å². The van der Waals surface area contributed by atoms with Crippen LogP contribution in [0.15, 0.2) is 30.3 Å². The number of phenols is 2. The van der Waals surface area contributed by atoms with Crippen molar-refractivity contribution in [3.05, 3.63) is 41.5 Å². The molecule has 0 aromatic heterocycles. The number of hydrogen-bond donors (Lipinski definition) is 6. The Morgan fingerprint density at radius 3 is 2.15 bits per heavy atom. The highest BCUT2D eigenvalue weighted by atomic mass is 16.6. The third-order valence-electron chi connectivity index (χ3n) is 5.63. The maximum Gasteiger partial charge on any atom is 0.200 e. The van der Waals surface area contributed by atoms with Crippen molar-refractivity contribution in [2.24, 2.45) is 5.92 Å². The van der Waals surface area contributed by atoms with Crippen LogP contribution in [0, 0.1) is 5.92 Å². The van der Waals surface area contributed by atoms with Crippen LogP contribution in [0.2, 0.25) is 0 Å². The average molecular weight is 483 g/mol. The van der Waals surface area contributed by atoms with Crippen LogP contribution in [0.3, 0.4) is 0 Å². The van der Waals surface area contributed by atoms with Gasteiger partial charge in [0, 0.05) is 12.5 Å². The zero-order valence-corrected chi connectivity index (χ0v) is 19.4. The normalized spacial score (nSPS) is 13.8. The Labute approximate surface area is 198 Å². The Bertz CT molecular complexity index is 888. The predicted molar refractivity (Wildman–Crippen MR) is 122 cm³/mol. The second kappa shape index (κ2) is 13.8. The van der Waals surface area contributed by atoms with Gasteiger partial charge in [0.05, 0.1) is 26.4 Å². The van der Waals surface area contributed by atoms with Crippen LogP contribution >= 0.6 is 0 Å². The van der Waals surface area contributed by atoms with Crippen LogP contribution in [0.1, 0.15) is 24.0 Å². The third kappa shape index (κ3) is 7.64. The summed E-state index contributed by atoms with van der Waals surface area (Å²) in [6.07, 6.45) is -0.0256. The standard InChI is InChI=1S/C24H34O10/c1-31-21-8-15(4-6-19(21)28)3-5-18(33-13-26)11-20(29)17(12-25)7-16-9-22(32-2)24(30)23(10-16)34-14-27/h4,6,8-10,17-18,20,25-30H,3,5,7,11-14H2,1-2H3. The van der Waals surface area contributed by atoms with Gasteiger partial charge in [-0.25, -0.2) is 0 Å². The van der Waals surface area contributed by atoms with Crippen LogP contribution in [0.4, 0.5) is 0 Å². The Hall–Kier alpha value is -2.76. The molecule has 2 aromatic carbocycles. The molecule has 3 atom stereocenters. The largest absolute Gasteiger partial charge is 0.504 e. The van der Waals surface area contributed by atoms with Crippen LogP contribution < -0.4 is 14.2 Å². The van der Waals surface area contributed by atoms with Crippen LogP contribution in [-0.2, 0) is 17.6 Å². The van der Waals surface area contributed by atoms with Crippen molar-refractivity contribution in [3.63, 3.8) is 0 Å². The van der Waals surface area contributed by atoms with E-state index in [0.717, 1.165) is 5.56 Å². The molecule has 0 heterocycles. The van der Waals surface area contributed by atoms with Crippen molar-refractivity contribution in [1.82, 2.24) is 0 Å². The minimum Gasteiger partial charge on any atom is -0.504 e. The van der Waals surface area contributed by atoms with Crippen molar-refractivity contribution in [2.45, 2.75) is 37.9 Å². The second-order valence-corrected chi connectivity index (χ2v) is 7.83. The van der Waals surface area contributed by atoms with E-state index in [1.807, 2.05) is 0 Å². The summed E-state index contributed by atoms with van der Waals surface area (Å²) in [6, 6.07) is 8.07. The van der Waals surface area contributed by atoms with Gasteiger partial charge in [-0.15, -0.1) is 0 Å². The summed E-state index contributed by atoms with van der Waals surface area (Å²) < 4.78 is 20.7. The molecular formula is C24H34O10. The SMILES string of the molecule is COc1cc(CCC(CC(O)C(CO)Cc2cc(OC)c(O)c(OCO)c2)OCO)ccc1O. The van der Waals surface area contributed by atoms with Gasteiger partial charge in [-0.05, 0) is 61.1 Å². The topological polar surface area (TPSA) is 158 Å². The summed E-state index contributed by atoms with van der Waals surface area (Å²) >= 11 is 0. The molecule has 0 bridgehead atoms. The lowest BCUT2D eigenvalue weighted by molar-refractivity contribution is -0.0765. The first-order valence-corrected chi connectivity index (χ1v) is 10.9. The van der Waals surface area contributed by atoms with E-state index in [0.29, 0.717) is 24.2 Å². The van der Waals surface area contributed by atoms with Crippen molar-refractivity contribution in [1.29, 1.82) is 0 Å². The van der Waals surface area contributed by atoms with Crippen molar-refractivity contribution >= 4 is 0 Å². The van der Waals surface area contributed by atoms with E-state index in [-0.39, 0.29) is 42.4 Å². The Balaban J connectivity index is 2.07. The lowest BCUT2D eigenvalue weighted by Crippen LogP contribution is -2.31. The number of aromatic hydroxyl groups is 2. The number of hydrogen-bond acceptors (Lipinski definition) is 10. The number of phenolic OH excluding ortho intramolecular Hbond substituents is 2. The van der Waals surface area contributed by atoms with Gasteiger partial charge in [0.1, 0.15) is 6.79 Å². The summed E-state index contributed by atoms with van der Waals surface area (Å²) in [4.78, 5) is 0. The average Bonchev–Trinajstić information content (AvgIpc) is 2.83. The number of aryl methyl sites for hydroxylation is 1. The Morgan fingerprint density at radius 1 is 0.853 bits per heavy atom. The fourth-order valence-corrected chi connectivity index (χ4v) is 3.76. The van der Waals surface area contributed by atoms with Crippen molar-refractivity contribution in [2.75, 3.05) is 34.4 Å². The molecule has 6 N–H and O–H groups in total. The monoisotopic (exact) mass is 482 g/mol. The molecule has 0 saturated heterocycles. The Morgan fingerprint density at radius 2 is 1.53 bits per heavy atom. The molecular weight excluding hydrogens is 448 g/mol. The molecule has 0 fully saturated rings. The van der Waals surface area contributed by atoms with Gasteiger partial charge < -0.3 is 49.6 Å². The number of methoxy groups -OCH3 is 2. The van der Waals surface area contributed by atoms with Crippen LogP contribution in [0.5, 0.6) is 28.7 Å². The molecule has 2 aromatic rings. The highest BCUT2D eigenvalue weighted by Gasteiger charge is 2.25. The molecule has 10 heteroatoms. The predicted octanol–water partition coefficient (Wildman–Crippen LogP) is 1.31. The van der Waals surface area contributed by atoms with E-state index in [1.165, 1.54) is 26.4 Å². The summed E-state index contributed by atoms with van der Waals surface area (Å²) in [7, 11) is 2.84. The molecule has 0 amide bonds. The minimum absolute atomic E-state index is 0.0221. The number of rotatable bonds is 15. The van der Waals surface area contributed by atoms with Crippen molar-refractivity contribution in [3.8, 4) is 28.7 Å². The van der Waals surface area contributed by atoms with E-state index in [1.54, 1.807) is 18.2 Å². The van der Waals surface area contributed by atoms with Crippen LogP contribution in [-0.4, -0.2) is 77.3 Å². The molecule has 0 aliphatic rings. The highest BCUT2D eigenvalue weighted by Crippen LogP contribution is 2.38. The molecule has 0 spiro atoms. The fraction of sp³-hybridized carbons (Fsp3) is 0.500.